The molecule has 0 aromatic heterocycles. The smallest absolute Gasteiger partial charge is 0.207 e. The van der Waals surface area contributed by atoms with Crippen molar-refractivity contribution in [2.75, 3.05) is 0 Å². The van der Waals surface area contributed by atoms with Crippen LogP contribution in [0.15, 0.2) is 24.3 Å². The van der Waals surface area contributed by atoms with Gasteiger partial charge in [-0.05, 0) is 52.4 Å². The summed E-state index contributed by atoms with van der Waals surface area (Å²) in [5, 5.41) is 0. The zero-order valence-electron chi connectivity index (χ0n) is 28.5. The Hall–Kier alpha value is -4.48. The Bertz CT molecular complexity index is 1850. The maximum absolute atomic E-state index is 15.4. The monoisotopic (exact) mass is 900 g/mol. The zero-order chi connectivity index (χ0) is 43.4. The number of benzene rings is 4. The van der Waals surface area contributed by atoms with Gasteiger partial charge in [-0.2, -0.15) is 0 Å². The number of allylic oxidation sites excluding steroid dienone is 4. The normalized spacial score (nSPS) is 11.8. The third-order valence-corrected chi connectivity index (χ3v) is 8.28. The summed E-state index contributed by atoms with van der Waals surface area (Å²) in [6.45, 7) is 5.69. The average molecular weight is 901 g/mol. The molecule has 0 fully saturated rings. The van der Waals surface area contributed by atoms with E-state index in [4.69, 9.17) is 0 Å². The second-order valence-electron chi connectivity index (χ2n) is 11.5. The van der Waals surface area contributed by atoms with Crippen molar-refractivity contribution in [2.24, 2.45) is 0 Å². The van der Waals surface area contributed by atoms with E-state index < -0.39 is 144 Å². The van der Waals surface area contributed by atoms with E-state index in [9.17, 15) is 52.7 Å². The number of rotatable bonds is 11. The molecule has 0 aliphatic carbocycles. The zero-order valence-corrected chi connectivity index (χ0v) is 29.4. The third kappa shape index (κ3) is 8.48. The van der Waals surface area contributed by atoms with Crippen LogP contribution in [0.3, 0.4) is 0 Å². The van der Waals surface area contributed by atoms with E-state index in [1.807, 2.05) is 6.42 Å². The van der Waals surface area contributed by atoms with Crippen molar-refractivity contribution < 1.29 is 104 Å². The van der Waals surface area contributed by atoms with Crippen LogP contribution in [0, 0.1) is 136 Å². The van der Waals surface area contributed by atoms with Crippen LogP contribution in [0.1, 0.15) is 32.6 Å². The number of unbranched alkanes of at least 4 members (excludes halogenated alkanes) is 4. The summed E-state index contributed by atoms with van der Waals surface area (Å²) in [6, 6.07) is 0. The van der Waals surface area contributed by atoms with Crippen molar-refractivity contribution in [1.29, 1.82) is 0 Å². The molecule has 0 spiro atoms. The van der Waals surface area contributed by atoms with Gasteiger partial charge in [0.2, 0.25) is 0 Å². The van der Waals surface area contributed by atoms with E-state index in [0.29, 0.717) is 0 Å². The van der Waals surface area contributed by atoms with Crippen LogP contribution in [0.2, 0.25) is 0 Å². The van der Waals surface area contributed by atoms with Gasteiger partial charge in [-0.25, -0.2) is 87.8 Å². The molecule has 58 heavy (non-hydrogen) atoms. The van der Waals surface area contributed by atoms with Gasteiger partial charge in [0.25, 0.3) is 0 Å². The summed E-state index contributed by atoms with van der Waals surface area (Å²) in [5.74, 6) is -71.4. The molecule has 0 saturated heterocycles. The van der Waals surface area contributed by atoms with Crippen molar-refractivity contribution in [1.82, 2.24) is 0 Å². The summed E-state index contributed by atoms with van der Waals surface area (Å²) >= 11 is 0. The molecule has 0 heterocycles. The largest absolute Gasteiger partial charge is 2.00 e. The Kier molecular flexibility index (Phi) is 17.1. The molecule has 4 rings (SSSR count). The molecular formula is C36H19BF20Ni+. The number of halogens is 20. The second kappa shape index (κ2) is 20.0. The standard InChI is InChI=1S/C24BF20.C12H19.Ni/c26-5-1(6(27)14(35)21(42)13(5)34)25(2-7(28)15(36)22(43)16(37)8(2)29,3-9(30)17(38)23(44)18(39)10(3)31)4-11(32)19(40)24(45)20(41)12(4)33;1-3-5-7-9-11-12-10-8-6-4-2;/h;3-6,11-12H,1,7-10H2,2H3;/q-1;;+2/b;6-4-,12-11+;. The molecule has 4 aromatic carbocycles. The van der Waals surface area contributed by atoms with Crippen LogP contribution in [0.25, 0.3) is 0 Å². The molecule has 0 unspecified atom stereocenters. The van der Waals surface area contributed by atoms with E-state index in [0.717, 1.165) is 19.3 Å². The predicted octanol–water partition coefficient (Wildman–Crippen LogP) is 9.77. The first-order valence-corrected chi connectivity index (χ1v) is 15.6. The molecule has 4 aromatic rings. The van der Waals surface area contributed by atoms with E-state index in [2.05, 4.69) is 44.6 Å². The van der Waals surface area contributed by atoms with Gasteiger partial charge in [-0.1, -0.05) is 24.3 Å². The fourth-order valence-corrected chi connectivity index (χ4v) is 5.78. The Balaban J connectivity index is 0.000000773. The van der Waals surface area contributed by atoms with Crippen LogP contribution >= 0.6 is 0 Å². The molecule has 22 heteroatoms. The van der Waals surface area contributed by atoms with Gasteiger partial charge in [-0.3, -0.25) is 0 Å². The molecule has 0 aliphatic rings. The summed E-state index contributed by atoms with van der Waals surface area (Å²) in [6.07, 6.45) is 10.1. The SMILES string of the molecule is Fc1c(F)c(F)c([B-](c2c(F)c(F)c(F)c(F)c2F)(c2c(F)c(F)c(F)c(F)c2F)c2c(F)c(F)c(F)c(F)c2F)c(F)c1F.[CH2][CH][CH]CC/C=C/CC/C=C\C.[Ni+2]. The predicted molar refractivity (Wildman–Crippen MR) is 166 cm³/mol. The van der Waals surface area contributed by atoms with Gasteiger partial charge in [0.15, 0.2) is 69.8 Å². The third-order valence-electron chi connectivity index (χ3n) is 8.28. The van der Waals surface area contributed by atoms with Crippen LogP contribution in [0.5, 0.6) is 0 Å². The van der Waals surface area contributed by atoms with Crippen molar-refractivity contribution in [3.63, 3.8) is 0 Å². The molecule has 0 N–H and O–H groups in total. The second-order valence-corrected chi connectivity index (χ2v) is 11.5. The minimum Gasteiger partial charge on any atom is -0.207 e. The van der Waals surface area contributed by atoms with Gasteiger partial charge in [0, 0.05) is 0 Å². The van der Waals surface area contributed by atoms with Crippen molar-refractivity contribution in [3.8, 4) is 0 Å². The van der Waals surface area contributed by atoms with Gasteiger partial charge >= 0.3 is 16.5 Å². The summed E-state index contributed by atoms with van der Waals surface area (Å²) < 4.78 is 294. The Morgan fingerprint density at radius 2 is 0.517 bits per heavy atom. The topological polar surface area (TPSA) is 0 Å². The Morgan fingerprint density at radius 1 is 0.328 bits per heavy atom. The van der Waals surface area contributed by atoms with E-state index in [1.165, 1.54) is 6.42 Å². The van der Waals surface area contributed by atoms with E-state index >= 15 is 35.1 Å². The molecule has 0 amide bonds. The first kappa shape index (κ1) is 49.7. The number of hydrogen-bond donors (Lipinski definition) is 0. The Morgan fingerprint density at radius 3 is 0.724 bits per heavy atom. The fourth-order valence-electron chi connectivity index (χ4n) is 5.78. The molecule has 3 radical (unpaired) electrons. The fraction of sp³-hybridized carbons (Fsp3) is 0.139. The van der Waals surface area contributed by atoms with Gasteiger partial charge in [0.1, 0.15) is 52.7 Å². The van der Waals surface area contributed by atoms with Crippen LogP contribution in [-0.4, -0.2) is 6.15 Å². The molecule has 0 atom stereocenters. The van der Waals surface area contributed by atoms with Crippen molar-refractivity contribution in [3.05, 3.63) is 160 Å². The average Bonchev–Trinajstić information content (AvgIpc) is 3.19. The molecule has 315 valence electrons. The van der Waals surface area contributed by atoms with Crippen LogP contribution in [-0.2, 0) is 16.5 Å². The van der Waals surface area contributed by atoms with Gasteiger partial charge in [0.05, 0.1) is 0 Å². The molecule has 0 saturated carbocycles. The van der Waals surface area contributed by atoms with Crippen molar-refractivity contribution in [2.45, 2.75) is 32.6 Å². The number of hydrogen-bond acceptors (Lipinski definition) is 0. The quantitative estimate of drug-likeness (QED) is 0.0352. The molecule has 0 nitrogen and oxygen atoms in total. The summed E-state index contributed by atoms with van der Waals surface area (Å²) in [5.41, 5.74) is -14.3. The van der Waals surface area contributed by atoms with E-state index in [-0.39, 0.29) is 16.5 Å². The van der Waals surface area contributed by atoms with Gasteiger partial charge < -0.3 is 0 Å². The van der Waals surface area contributed by atoms with Gasteiger partial charge in [-0.15, -0.1) is 21.9 Å². The van der Waals surface area contributed by atoms with Crippen molar-refractivity contribution >= 4 is 28.0 Å². The minimum atomic E-state index is -7.22. The van der Waals surface area contributed by atoms with E-state index in [1.54, 1.807) is 0 Å². The summed E-state index contributed by atoms with van der Waals surface area (Å²) in [4.78, 5) is 0. The molecule has 0 bridgehead atoms. The minimum absolute atomic E-state index is 0. The maximum atomic E-state index is 15.4. The van der Waals surface area contributed by atoms with Crippen LogP contribution < -0.4 is 21.9 Å². The first-order valence-electron chi connectivity index (χ1n) is 15.6. The maximum Gasteiger partial charge on any atom is 2.00 e. The molecular weight excluding hydrogens is 882 g/mol. The first-order chi connectivity index (χ1) is 26.6. The molecule has 0 aliphatic heterocycles. The summed E-state index contributed by atoms with van der Waals surface area (Å²) in [7, 11) is 0. The van der Waals surface area contributed by atoms with Crippen LogP contribution in [0.4, 0.5) is 87.8 Å². The Labute approximate surface area is 325 Å².